The van der Waals surface area contributed by atoms with Gasteiger partial charge in [-0.25, -0.2) is 8.42 Å². The smallest absolute Gasteiger partial charge is 0.246 e. The molecule has 0 fully saturated rings. The molecule has 0 N–H and O–H groups in total. The van der Waals surface area contributed by atoms with Gasteiger partial charge in [0, 0.05) is 13.2 Å². The second-order valence-electron chi connectivity index (χ2n) is 5.17. The van der Waals surface area contributed by atoms with Gasteiger partial charge in [-0.2, -0.15) is 4.31 Å². The van der Waals surface area contributed by atoms with E-state index in [1.165, 1.54) is 11.4 Å². The predicted octanol–water partition coefficient (Wildman–Crippen LogP) is 2.53. The zero-order valence-corrected chi connectivity index (χ0v) is 14.0. The minimum atomic E-state index is -3.65. The molecule has 2 aromatic rings. The molecule has 6 heteroatoms. The van der Waals surface area contributed by atoms with E-state index in [1.807, 2.05) is 19.9 Å². The fraction of sp³-hybridized carbons (Fsp3) is 0.312. The third kappa shape index (κ3) is 3.28. The standard InChI is InChI=1S/C16H20N2O3S/c1-12-9-15(21-4)16(10-13(12)2)22(19,20)18(3)11-14-7-5-6-8-17-14/h5-10H,11H2,1-4H3. The molecule has 0 radical (unpaired) electrons. The summed E-state index contributed by atoms with van der Waals surface area (Å²) < 4.78 is 32.1. The highest BCUT2D eigenvalue weighted by Gasteiger charge is 2.25. The molecular formula is C16H20N2O3S. The van der Waals surface area contributed by atoms with E-state index in [0.29, 0.717) is 11.4 Å². The van der Waals surface area contributed by atoms with Crippen LogP contribution in [0.25, 0.3) is 0 Å². The van der Waals surface area contributed by atoms with Crippen molar-refractivity contribution in [3.05, 3.63) is 53.3 Å². The molecule has 0 aliphatic carbocycles. The van der Waals surface area contributed by atoms with Crippen molar-refractivity contribution in [2.45, 2.75) is 25.3 Å². The summed E-state index contributed by atoms with van der Waals surface area (Å²) >= 11 is 0. The van der Waals surface area contributed by atoms with Crippen molar-refractivity contribution < 1.29 is 13.2 Å². The van der Waals surface area contributed by atoms with E-state index in [9.17, 15) is 8.42 Å². The van der Waals surface area contributed by atoms with Crippen LogP contribution in [0.1, 0.15) is 16.8 Å². The molecule has 0 atom stereocenters. The molecule has 0 bridgehead atoms. The maximum atomic E-state index is 12.8. The lowest BCUT2D eigenvalue weighted by molar-refractivity contribution is 0.396. The average Bonchev–Trinajstić information content (AvgIpc) is 2.50. The van der Waals surface area contributed by atoms with Gasteiger partial charge in [-0.3, -0.25) is 4.98 Å². The van der Waals surface area contributed by atoms with E-state index in [1.54, 1.807) is 37.5 Å². The average molecular weight is 320 g/mol. The van der Waals surface area contributed by atoms with Crippen LogP contribution in [0.3, 0.4) is 0 Å². The van der Waals surface area contributed by atoms with Crippen molar-refractivity contribution in [3.63, 3.8) is 0 Å². The Morgan fingerprint density at radius 2 is 1.86 bits per heavy atom. The Hall–Kier alpha value is -1.92. The van der Waals surface area contributed by atoms with E-state index < -0.39 is 10.0 Å². The first kappa shape index (κ1) is 16.5. The zero-order valence-electron chi connectivity index (χ0n) is 13.2. The van der Waals surface area contributed by atoms with Gasteiger partial charge in [0.25, 0.3) is 0 Å². The van der Waals surface area contributed by atoms with Crippen molar-refractivity contribution >= 4 is 10.0 Å². The Labute approximate surface area is 131 Å². The molecule has 0 aliphatic heterocycles. The maximum absolute atomic E-state index is 12.8. The summed E-state index contributed by atoms with van der Waals surface area (Å²) in [5.74, 6) is 0.357. The van der Waals surface area contributed by atoms with Gasteiger partial charge in [0.1, 0.15) is 10.6 Å². The number of methoxy groups -OCH3 is 1. The monoisotopic (exact) mass is 320 g/mol. The normalized spacial score (nSPS) is 11.7. The molecule has 0 amide bonds. The van der Waals surface area contributed by atoms with Gasteiger partial charge in [0.15, 0.2) is 0 Å². The summed E-state index contributed by atoms with van der Waals surface area (Å²) in [4.78, 5) is 4.34. The van der Waals surface area contributed by atoms with Crippen molar-refractivity contribution in [1.29, 1.82) is 0 Å². The largest absolute Gasteiger partial charge is 0.495 e. The molecule has 118 valence electrons. The van der Waals surface area contributed by atoms with Crippen molar-refractivity contribution in [3.8, 4) is 5.75 Å². The highest BCUT2D eigenvalue weighted by atomic mass is 32.2. The number of aromatic nitrogens is 1. The first-order valence-corrected chi connectivity index (χ1v) is 8.31. The molecular weight excluding hydrogens is 300 g/mol. The summed E-state index contributed by atoms with van der Waals surface area (Å²) in [5, 5.41) is 0. The van der Waals surface area contributed by atoms with E-state index in [-0.39, 0.29) is 11.4 Å². The van der Waals surface area contributed by atoms with Crippen LogP contribution in [0, 0.1) is 13.8 Å². The molecule has 1 aromatic heterocycles. The SMILES string of the molecule is COc1cc(C)c(C)cc1S(=O)(=O)N(C)Cc1ccccn1. The molecule has 1 heterocycles. The number of hydrogen-bond donors (Lipinski definition) is 0. The van der Waals surface area contributed by atoms with Gasteiger partial charge < -0.3 is 4.74 Å². The first-order chi connectivity index (χ1) is 10.4. The number of benzene rings is 1. The number of nitrogens with zero attached hydrogens (tertiary/aromatic N) is 2. The lowest BCUT2D eigenvalue weighted by Gasteiger charge is -2.19. The predicted molar refractivity (Wildman–Crippen MR) is 85.4 cm³/mol. The number of aryl methyl sites for hydroxylation is 2. The minimum Gasteiger partial charge on any atom is -0.495 e. The van der Waals surface area contributed by atoms with Crippen molar-refractivity contribution in [1.82, 2.24) is 9.29 Å². The second-order valence-corrected chi connectivity index (χ2v) is 7.18. The van der Waals surface area contributed by atoms with Crippen LogP contribution in [-0.4, -0.2) is 31.9 Å². The van der Waals surface area contributed by atoms with Crippen LogP contribution in [0.4, 0.5) is 0 Å². The first-order valence-electron chi connectivity index (χ1n) is 6.87. The number of pyridine rings is 1. The van der Waals surface area contributed by atoms with Gasteiger partial charge in [0.05, 0.1) is 19.3 Å². The lowest BCUT2D eigenvalue weighted by Crippen LogP contribution is -2.27. The Morgan fingerprint density at radius 3 is 2.45 bits per heavy atom. The van der Waals surface area contributed by atoms with Gasteiger partial charge in [-0.1, -0.05) is 6.07 Å². The van der Waals surface area contributed by atoms with Gasteiger partial charge in [0.2, 0.25) is 10.0 Å². The molecule has 0 saturated heterocycles. The van der Waals surface area contributed by atoms with E-state index in [4.69, 9.17) is 4.74 Å². The Bertz CT molecular complexity index is 758. The number of sulfonamides is 1. The molecule has 0 aliphatic rings. The third-order valence-electron chi connectivity index (χ3n) is 3.58. The summed E-state index contributed by atoms with van der Waals surface area (Å²) in [6.45, 7) is 4.01. The fourth-order valence-corrected chi connectivity index (χ4v) is 3.46. The van der Waals surface area contributed by atoms with Crippen molar-refractivity contribution in [2.24, 2.45) is 0 Å². The summed E-state index contributed by atoms with van der Waals surface area (Å²) in [7, 11) is -0.636. The van der Waals surface area contributed by atoms with Crippen LogP contribution < -0.4 is 4.74 Å². The molecule has 0 saturated carbocycles. The van der Waals surface area contributed by atoms with Crippen LogP contribution in [0.2, 0.25) is 0 Å². The molecule has 22 heavy (non-hydrogen) atoms. The van der Waals surface area contributed by atoms with Crippen LogP contribution in [-0.2, 0) is 16.6 Å². The number of hydrogen-bond acceptors (Lipinski definition) is 4. The fourth-order valence-electron chi connectivity index (χ4n) is 2.10. The van der Waals surface area contributed by atoms with Gasteiger partial charge >= 0.3 is 0 Å². The summed E-state index contributed by atoms with van der Waals surface area (Å²) in [6.07, 6.45) is 1.65. The van der Waals surface area contributed by atoms with Crippen LogP contribution >= 0.6 is 0 Å². The topological polar surface area (TPSA) is 59.5 Å². The van der Waals surface area contributed by atoms with E-state index in [0.717, 1.165) is 11.1 Å². The highest BCUT2D eigenvalue weighted by molar-refractivity contribution is 7.89. The summed E-state index contributed by atoms with van der Waals surface area (Å²) in [6, 6.07) is 8.82. The molecule has 0 spiro atoms. The molecule has 2 rings (SSSR count). The van der Waals surface area contributed by atoms with E-state index in [2.05, 4.69) is 4.98 Å². The van der Waals surface area contributed by atoms with Crippen LogP contribution in [0.15, 0.2) is 41.4 Å². The third-order valence-corrected chi connectivity index (χ3v) is 5.40. The quantitative estimate of drug-likeness (QED) is 0.849. The Balaban J connectivity index is 2.40. The Kier molecular flexibility index (Phi) is 4.83. The molecule has 5 nitrogen and oxygen atoms in total. The minimum absolute atomic E-state index is 0.177. The number of ether oxygens (including phenoxy) is 1. The van der Waals surface area contributed by atoms with Crippen molar-refractivity contribution in [2.75, 3.05) is 14.2 Å². The molecule has 0 unspecified atom stereocenters. The lowest BCUT2D eigenvalue weighted by atomic mass is 10.1. The van der Waals surface area contributed by atoms with Gasteiger partial charge in [-0.05, 0) is 49.2 Å². The van der Waals surface area contributed by atoms with Gasteiger partial charge in [-0.15, -0.1) is 0 Å². The highest BCUT2D eigenvalue weighted by Crippen LogP contribution is 2.29. The maximum Gasteiger partial charge on any atom is 0.246 e. The summed E-state index contributed by atoms with van der Waals surface area (Å²) in [5.41, 5.74) is 2.59. The Morgan fingerprint density at radius 1 is 1.18 bits per heavy atom. The zero-order chi connectivity index (χ0) is 16.3. The van der Waals surface area contributed by atoms with Crippen LogP contribution in [0.5, 0.6) is 5.75 Å². The second kappa shape index (κ2) is 6.46. The molecule has 1 aromatic carbocycles. The van der Waals surface area contributed by atoms with E-state index >= 15 is 0 Å². The number of rotatable bonds is 5.